The fraction of sp³-hybridized carbons (Fsp3) is 0.444. The van der Waals surface area contributed by atoms with E-state index in [1.54, 1.807) is 6.92 Å². The standard InChI is InChI=1S/C18H21NO3/c1-2-22-18(21)17-14(19-10-6-7-11-19)12-15(20)16(17)13-8-4-3-5-9-13/h3-5,8-9,16H,2,6-7,10-12H2,1H3. The summed E-state index contributed by atoms with van der Waals surface area (Å²) in [5, 5.41) is 0. The van der Waals surface area contributed by atoms with Gasteiger partial charge in [0.05, 0.1) is 18.1 Å². The summed E-state index contributed by atoms with van der Waals surface area (Å²) in [4.78, 5) is 27.3. The van der Waals surface area contributed by atoms with Crippen molar-refractivity contribution in [3.63, 3.8) is 0 Å². The van der Waals surface area contributed by atoms with E-state index in [1.807, 2.05) is 30.3 Å². The van der Waals surface area contributed by atoms with E-state index in [0.29, 0.717) is 18.6 Å². The summed E-state index contributed by atoms with van der Waals surface area (Å²) >= 11 is 0. The van der Waals surface area contributed by atoms with Gasteiger partial charge in [0.1, 0.15) is 0 Å². The van der Waals surface area contributed by atoms with Gasteiger partial charge in [-0.25, -0.2) is 4.79 Å². The van der Waals surface area contributed by atoms with Gasteiger partial charge in [-0.15, -0.1) is 0 Å². The number of nitrogens with zero attached hydrogens (tertiary/aromatic N) is 1. The molecule has 1 unspecified atom stereocenters. The highest BCUT2D eigenvalue weighted by Gasteiger charge is 2.41. The van der Waals surface area contributed by atoms with Gasteiger partial charge in [-0.2, -0.15) is 0 Å². The number of ether oxygens (including phenoxy) is 1. The van der Waals surface area contributed by atoms with Crippen molar-refractivity contribution in [3.8, 4) is 0 Å². The summed E-state index contributed by atoms with van der Waals surface area (Å²) in [6, 6.07) is 9.54. The molecule has 2 aliphatic rings. The quantitative estimate of drug-likeness (QED) is 0.802. The van der Waals surface area contributed by atoms with E-state index >= 15 is 0 Å². The normalized spacial score (nSPS) is 21.6. The third-order valence-electron chi connectivity index (χ3n) is 4.38. The van der Waals surface area contributed by atoms with Gasteiger partial charge in [0.25, 0.3) is 0 Å². The zero-order valence-electron chi connectivity index (χ0n) is 12.9. The van der Waals surface area contributed by atoms with Crippen LogP contribution in [-0.2, 0) is 14.3 Å². The van der Waals surface area contributed by atoms with Crippen LogP contribution in [0.15, 0.2) is 41.6 Å². The minimum absolute atomic E-state index is 0.0937. The first-order chi connectivity index (χ1) is 10.7. The monoisotopic (exact) mass is 299 g/mol. The number of ketones is 1. The number of hydrogen-bond donors (Lipinski definition) is 0. The Bertz CT molecular complexity index is 600. The largest absolute Gasteiger partial charge is 0.463 e. The van der Waals surface area contributed by atoms with Crippen molar-refractivity contribution >= 4 is 11.8 Å². The summed E-state index contributed by atoms with van der Waals surface area (Å²) in [5.41, 5.74) is 2.32. The molecule has 1 atom stereocenters. The molecule has 1 aliphatic carbocycles. The molecule has 1 aromatic carbocycles. The maximum atomic E-state index is 12.6. The van der Waals surface area contributed by atoms with Crippen LogP contribution in [-0.4, -0.2) is 36.3 Å². The highest BCUT2D eigenvalue weighted by molar-refractivity contribution is 6.06. The third kappa shape index (κ3) is 2.65. The van der Waals surface area contributed by atoms with Crippen molar-refractivity contribution in [1.82, 2.24) is 4.90 Å². The van der Waals surface area contributed by atoms with Gasteiger partial charge in [0, 0.05) is 25.2 Å². The lowest BCUT2D eigenvalue weighted by molar-refractivity contribution is -0.139. The molecule has 1 saturated heterocycles. The van der Waals surface area contributed by atoms with Crippen molar-refractivity contribution < 1.29 is 14.3 Å². The van der Waals surface area contributed by atoms with Crippen molar-refractivity contribution in [2.45, 2.75) is 32.1 Å². The Kier molecular flexibility index (Phi) is 4.27. The molecule has 116 valence electrons. The number of benzene rings is 1. The number of hydrogen-bond acceptors (Lipinski definition) is 4. The number of esters is 1. The first-order valence-electron chi connectivity index (χ1n) is 7.95. The van der Waals surface area contributed by atoms with Crippen LogP contribution >= 0.6 is 0 Å². The zero-order valence-corrected chi connectivity index (χ0v) is 12.9. The van der Waals surface area contributed by atoms with E-state index in [0.717, 1.165) is 37.2 Å². The highest BCUT2D eigenvalue weighted by atomic mass is 16.5. The Balaban J connectivity index is 2.03. The fourth-order valence-electron chi connectivity index (χ4n) is 3.40. The topological polar surface area (TPSA) is 46.6 Å². The van der Waals surface area contributed by atoms with Crippen molar-refractivity contribution in [3.05, 3.63) is 47.2 Å². The van der Waals surface area contributed by atoms with Crippen LogP contribution in [0, 0.1) is 0 Å². The second kappa shape index (κ2) is 6.34. The smallest absolute Gasteiger partial charge is 0.336 e. The summed E-state index contributed by atoms with van der Waals surface area (Å²) < 4.78 is 5.24. The average molecular weight is 299 g/mol. The molecule has 1 aliphatic heterocycles. The minimum Gasteiger partial charge on any atom is -0.463 e. The average Bonchev–Trinajstić information content (AvgIpc) is 3.15. The van der Waals surface area contributed by atoms with Gasteiger partial charge >= 0.3 is 5.97 Å². The molecule has 0 saturated carbocycles. The molecule has 4 heteroatoms. The van der Waals surface area contributed by atoms with Crippen molar-refractivity contribution in [1.29, 1.82) is 0 Å². The van der Waals surface area contributed by atoms with Crippen LogP contribution < -0.4 is 0 Å². The molecule has 1 aromatic rings. The molecular formula is C18H21NO3. The molecule has 22 heavy (non-hydrogen) atoms. The maximum Gasteiger partial charge on any atom is 0.336 e. The molecule has 0 radical (unpaired) electrons. The predicted molar refractivity (Wildman–Crippen MR) is 83.3 cm³/mol. The molecule has 1 heterocycles. The fourth-order valence-corrected chi connectivity index (χ4v) is 3.40. The predicted octanol–water partition coefficient (Wildman–Crippen LogP) is 2.66. The second-order valence-electron chi connectivity index (χ2n) is 5.76. The molecule has 0 N–H and O–H groups in total. The number of carbonyl (C=O) groups excluding carboxylic acids is 2. The summed E-state index contributed by atoms with van der Waals surface area (Å²) in [5.74, 6) is -0.726. The lowest BCUT2D eigenvalue weighted by Gasteiger charge is -2.21. The minimum atomic E-state index is -0.476. The summed E-state index contributed by atoms with van der Waals surface area (Å²) in [6.45, 7) is 3.97. The van der Waals surface area contributed by atoms with Gasteiger partial charge in [0.15, 0.2) is 5.78 Å². The van der Waals surface area contributed by atoms with Crippen LogP contribution in [0.5, 0.6) is 0 Å². The van der Waals surface area contributed by atoms with Crippen LogP contribution in [0.4, 0.5) is 0 Å². The first-order valence-corrected chi connectivity index (χ1v) is 7.95. The summed E-state index contributed by atoms with van der Waals surface area (Å²) in [7, 11) is 0. The Hall–Kier alpha value is -2.10. The number of likely N-dealkylation sites (tertiary alicyclic amines) is 1. The lowest BCUT2D eigenvalue weighted by Crippen LogP contribution is -2.22. The highest BCUT2D eigenvalue weighted by Crippen LogP contribution is 2.40. The zero-order chi connectivity index (χ0) is 15.5. The third-order valence-corrected chi connectivity index (χ3v) is 4.38. The Morgan fingerprint density at radius 3 is 2.55 bits per heavy atom. The van der Waals surface area contributed by atoms with Crippen molar-refractivity contribution in [2.24, 2.45) is 0 Å². The SMILES string of the molecule is CCOC(=O)C1=C(N2CCCC2)CC(=O)C1c1ccccc1. The van der Waals surface area contributed by atoms with Gasteiger partial charge in [0.2, 0.25) is 0 Å². The number of allylic oxidation sites excluding steroid dienone is 1. The van der Waals surface area contributed by atoms with Gasteiger partial charge in [-0.1, -0.05) is 30.3 Å². The molecule has 3 rings (SSSR count). The molecule has 0 aromatic heterocycles. The molecule has 0 amide bonds. The summed E-state index contributed by atoms with van der Waals surface area (Å²) in [6.07, 6.45) is 2.57. The van der Waals surface area contributed by atoms with Crippen molar-refractivity contribution in [2.75, 3.05) is 19.7 Å². The molecule has 4 nitrogen and oxygen atoms in total. The first kappa shape index (κ1) is 14.8. The van der Waals surface area contributed by atoms with E-state index in [4.69, 9.17) is 4.74 Å². The van der Waals surface area contributed by atoms with E-state index in [1.165, 1.54) is 0 Å². The molecule has 0 spiro atoms. The van der Waals surface area contributed by atoms with E-state index in [9.17, 15) is 9.59 Å². The van der Waals surface area contributed by atoms with Crippen LogP contribution in [0.1, 0.15) is 37.7 Å². The number of Topliss-reactive ketones (excluding diaryl/α,β-unsaturated/α-hetero) is 1. The Morgan fingerprint density at radius 2 is 1.91 bits per heavy atom. The van der Waals surface area contributed by atoms with E-state index in [-0.39, 0.29) is 11.8 Å². The molecular weight excluding hydrogens is 278 g/mol. The lowest BCUT2D eigenvalue weighted by atomic mass is 9.91. The van der Waals surface area contributed by atoms with Gasteiger partial charge in [-0.05, 0) is 25.3 Å². The van der Waals surface area contributed by atoms with Gasteiger partial charge in [-0.3, -0.25) is 4.79 Å². The molecule has 0 bridgehead atoms. The second-order valence-corrected chi connectivity index (χ2v) is 5.76. The van der Waals surface area contributed by atoms with E-state index < -0.39 is 5.92 Å². The van der Waals surface area contributed by atoms with Gasteiger partial charge < -0.3 is 9.64 Å². The maximum absolute atomic E-state index is 12.6. The Labute approximate surface area is 130 Å². The number of carbonyl (C=O) groups is 2. The van der Waals surface area contributed by atoms with Crippen LogP contribution in [0.3, 0.4) is 0 Å². The Morgan fingerprint density at radius 1 is 1.23 bits per heavy atom. The van der Waals surface area contributed by atoms with Crippen LogP contribution in [0.2, 0.25) is 0 Å². The van der Waals surface area contributed by atoms with E-state index in [2.05, 4.69) is 4.90 Å². The number of rotatable bonds is 4. The van der Waals surface area contributed by atoms with Crippen LogP contribution in [0.25, 0.3) is 0 Å². The molecule has 1 fully saturated rings.